The van der Waals surface area contributed by atoms with E-state index in [1.54, 1.807) is 42.5 Å². The van der Waals surface area contributed by atoms with Gasteiger partial charge in [0, 0.05) is 15.6 Å². The Morgan fingerprint density at radius 1 is 0.885 bits per heavy atom. The molecule has 0 aliphatic heterocycles. The second kappa shape index (κ2) is 18.8. The number of hydrogen-bond donors (Lipinski definition) is 0. The minimum Gasteiger partial charge on any atom is -0.299 e. The van der Waals surface area contributed by atoms with Crippen LogP contribution in [-0.4, -0.2) is 26.0 Å². The van der Waals surface area contributed by atoms with Crippen LogP contribution in [0.15, 0.2) is 67.3 Å². The first kappa shape index (κ1) is 23.4. The standard InChI is InChI=1S/C9H7ClO.C7H5ClO.C3H4O.CH3F/c10-9-5-3-8(4-6-9)2-1-7-11;8-7-3-1-6(5-9)2-4-7;1-2-3-4;1-2/h1-7H;1-5H;2-3H,1H2;1H3/b2-1+;;;/i;;;1D. The zero-order chi connectivity index (χ0) is 20.9. The lowest BCUT2D eigenvalue weighted by molar-refractivity contribution is -0.104. The average molecular weight is 398 g/mol. The molecule has 6 heteroatoms. The van der Waals surface area contributed by atoms with E-state index in [-0.39, 0.29) is 0 Å². The van der Waals surface area contributed by atoms with E-state index in [4.69, 9.17) is 29.4 Å². The Morgan fingerprint density at radius 2 is 1.27 bits per heavy atom. The summed E-state index contributed by atoms with van der Waals surface area (Å²) in [6, 6.07) is 14.0. The molecule has 0 N–H and O–H groups in total. The van der Waals surface area contributed by atoms with Crippen molar-refractivity contribution in [1.29, 1.82) is 0 Å². The first-order chi connectivity index (χ1) is 13.0. The van der Waals surface area contributed by atoms with Crippen molar-refractivity contribution in [2.45, 2.75) is 0 Å². The minimum absolute atomic E-state index is 0.639. The van der Waals surface area contributed by atoms with Gasteiger partial charge in [-0.05, 0) is 42.0 Å². The molecular formula is C20H19Cl2FO3. The van der Waals surface area contributed by atoms with Crippen molar-refractivity contribution < 1.29 is 20.1 Å². The molecule has 0 atom stereocenters. The Balaban J connectivity index is 0. The highest BCUT2D eigenvalue weighted by molar-refractivity contribution is 6.30. The van der Waals surface area contributed by atoms with Crippen molar-refractivity contribution in [1.82, 2.24) is 0 Å². The van der Waals surface area contributed by atoms with E-state index in [1.165, 1.54) is 12.2 Å². The number of alkyl halides is 1. The molecule has 0 fully saturated rings. The summed E-state index contributed by atoms with van der Waals surface area (Å²) in [6.45, 7) is 3.11. The van der Waals surface area contributed by atoms with Crippen LogP contribution < -0.4 is 0 Å². The number of carbonyl (C=O) groups excluding carboxylic acids is 3. The predicted molar refractivity (Wildman–Crippen MR) is 107 cm³/mol. The third kappa shape index (κ3) is 15.0. The average Bonchev–Trinajstić information content (AvgIpc) is 2.69. The molecule has 0 saturated heterocycles. The lowest BCUT2D eigenvalue weighted by atomic mass is 10.2. The smallest absolute Gasteiger partial charge is 0.150 e. The van der Waals surface area contributed by atoms with Crippen LogP contribution in [0.2, 0.25) is 10.0 Å². The van der Waals surface area contributed by atoms with E-state index in [2.05, 4.69) is 6.58 Å². The molecule has 0 spiro atoms. The third-order valence-corrected chi connectivity index (χ3v) is 2.84. The lowest BCUT2D eigenvalue weighted by Crippen LogP contribution is -1.74. The summed E-state index contributed by atoms with van der Waals surface area (Å²) >= 11 is 11.2. The van der Waals surface area contributed by atoms with Gasteiger partial charge in [-0.2, -0.15) is 0 Å². The Morgan fingerprint density at radius 3 is 1.58 bits per heavy atom. The highest BCUT2D eigenvalue weighted by Gasteiger charge is 1.87. The van der Waals surface area contributed by atoms with Gasteiger partial charge in [-0.25, -0.2) is 0 Å². The van der Waals surface area contributed by atoms with Gasteiger partial charge in [-0.3, -0.25) is 18.8 Å². The van der Waals surface area contributed by atoms with Crippen LogP contribution >= 0.6 is 23.2 Å². The fourth-order valence-electron chi connectivity index (χ4n) is 1.27. The topological polar surface area (TPSA) is 51.2 Å². The first-order valence-corrected chi connectivity index (χ1v) is 7.74. The predicted octanol–water partition coefficient (Wildman–Crippen LogP) is 5.66. The molecule has 2 aromatic rings. The summed E-state index contributed by atoms with van der Waals surface area (Å²) in [5.41, 5.74) is 1.63. The molecule has 0 heterocycles. The largest absolute Gasteiger partial charge is 0.299 e. The van der Waals surface area contributed by atoms with Crippen molar-refractivity contribution in [3.63, 3.8) is 0 Å². The van der Waals surface area contributed by atoms with Crippen LogP contribution in [-0.2, 0) is 9.59 Å². The Labute approximate surface area is 164 Å². The van der Waals surface area contributed by atoms with Crippen LogP contribution in [0, 0.1) is 0 Å². The Kier molecular flexibility index (Phi) is 16.9. The van der Waals surface area contributed by atoms with Gasteiger partial charge in [0.15, 0.2) is 0 Å². The van der Waals surface area contributed by atoms with Gasteiger partial charge in [-0.15, -0.1) is 0 Å². The summed E-state index contributed by atoms with van der Waals surface area (Å²) in [4.78, 5) is 29.1. The third-order valence-electron chi connectivity index (χ3n) is 2.34. The molecule has 0 bridgehead atoms. The zero-order valence-corrected chi connectivity index (χ0v) is 15.4. The molecule has 0 aliphatic carbocycles. The maximum Gasteiger partial charge on any atom is 0.150 e. The van der Waals surface area contributed by atoms with Crippen LogP contribution in [0.1, 0.15) is 17.3 Å². The Hall–Kier alpha value is -2.56. The van der Waals surface area contributed by atoms with Crippen molar-refractivity contribution in [3.8, 4) is 0 Å². The molecule has 0 aromatic heterocycles. The number of hydrogen-bond acceptors (Lipinski definition) is 3. The van der Waals surface area contributed by atoms with Gasteiger partial charge in [0.1, 0.15) is 18.9 Å². The number of allylic oxidation sites excluding steroid dienone is 2. The molecule has 0 aliphatic rings. The normalized spacial score (nSPS) is 8.96. The van der Waals surface area contributed by atoms with Crippen molar-refractivity contribution in [2.24, 2.45) is 0 Å². The monoisotopic (exact) mass is 397 g/mol. The molecule has 138 valence electrons. The van der Waals surface area contributed by atoms with Gasteiger partial charge in [0.2, 0.25) is 0 Å². The summed E-state index contributed by atoms with van der Waals surface area (Å²) in [7, 11) is -1.00. The van der Waals surface area contributed by atoms with E-state index in [0.29, 0.717) is 21.9 Å². The zero-order valence-electron chi connectivity index (χ0n) is 14.9. The molecular weight excluding hydrogens is 378 g/mol. The molecule has 3 nitrogen and oxygen atoms in total. The summed E-state index contributed by atoms with van der Waals surface area (Å²) < 4.78 is 15.5. The fourth-order valence-corrected chi connectivity index (χ4v) is 1.52. The lowest BCUT2D eigenvalue weighted by Gasteiger charge is -1.90. The van der Waals surface area contributed by atoms with Gasteiger partial charge >= 0.3 is 0 Å². The van der Waals surface area contributed by atoms with E-state index < -0.39 is 7.15 Å². The van der Waals surface area contributed by atoms with E-state index >= 15 is 0 Å². The molecule has 0 amide bonds. The highest BCUT2D eigenvalue weighted by atomic mass is 35.5. The number of benzene rings is 2. The molecule has 26 heavy (non-hydrogen) atoms. The van der Waals surface area contributed by atoms with Crippen LogP contribution in [0.3, 0.4) is 0 Å². The maximum atomic E-state index is 10.1. The fraction of sp³-hybridized carbons (Fsp3) is 0.0500. The van der Waals surface area contributed by atoms with E-state index in [9.17, 15) is 14.0 Å². The molecule has 2 rings (SSSR count). The second-order valence-electron chi connectivity index (χ2n) is 4.09. The van der Waals surface area contributed by atoms with Crippen LogP contribution in [0.5, 0.6) is 0 Å². The summed E-state index contributed by atoms with van der Waals surface area (Å²) in [5.74, 6) is 0. The van der Waals surface area contributed by atoms with Gasteiger partial charge in [-0.1, -0.05) is 60.1 Å². The van der Waals surface area contributed by atoms with Gasteiger partial charge < -0.3 is 0 Å². The number of rotatable bonds is 4. The van der Waals surface area contributed by atoms with E-state index in [0.717, 1.165) is 18.1 Å². The quantitative estimate of drug-likeness (QED) is 0.493. The second-order valence-corrected chi connectivity index (χ2v) is 4.96. The summed E-state index contributed by atoms with van der Waals surface area (Å²) in [5, 5.41) is 1.36. The molecule has 0 saturated carbocycles. The van der Waals surface area contributed by atoms with Crippen LogP contribution in [0.25, 0.3) is 6.08 Å². The number of carbonyl (C=O) groups is 3. The number of aldehydes is 3. The molecule has 0 radical (unpaired) electrons. The van der Waals surface area contributed by atoms with Crippen molar-refractivity contribution >= 4 is 48.1 Å². The highest BCUT2D eigenvalue weighted by Crippen LogP contribution is 2.10. The minimum atomic E-state index is -1.00. The molecule has 2 aromatic carbocycles. The number of halogens is 3. The summed E-state index contributed by atoms with van der Waals surface area (Å²) in [6.07, 6.45) is 6.54. The van der Waals surface area contributed by atoms with Crippen LogP contribution in [0.4, 0.5) is 4.39 Å². The maximum absolute atomic E-state index is 10.1. The first-order valence-electron chi connectivity index (χ1n) is 7.69. The van der Waals surface area contributed by atoms with E-state index in [1.807, 2.05) is 12.1 Å². The Bertz CT molecular complexity index is 681. The van der Waals surface area contributed by atoms with Gasteiger partial charge in [0.05, 0.1) is 8.52 Å². The SMILES string of the molecule is C=CC=O.O=C/C=C/c1ccc(Cl)cc1.O=Cc1ccc(Cl)cc1.[2H]CF. The molecule has 0 unspecified atom stereocenters. The van der Waals surface area contributed by atoms with Crippen molar-refractivity contribution in [3.05, 3.63) is 88.4 Å². The van der Waals surface area contributed by atoms with Crippen molar-refractivity contribution in [2.75, 3.05) is 7.15 Å². The van der Waals surface area contributed by atoms with Gasteiger partial charge in [0.25, 0.3) is 0 Å².